The molecule has 0 bridgehead atoms. The lowest BCUT2D eigenvalue weighted by Crippen LogP contribution is -2.20. The van der Waals surface area contributed by atoms with Gasteiger partial charge < -0.3 is 18.5 Å². The molecule has 8 heteroatoms. The quantitative estimate of drug-likeness (QED) is 0.221. The Morgan fingerprint density at radius 2 is 1.71 bits per heavy atom. The Morgan fingerprint density at radius 3 is 2.47 bits per heavy atom. The summed E-state index contributed by atoms with van der Waals surface area (Å²) in [4.78, 5) is 36.1. The standard InChI is InChI=1S/C26H22FNO6/c1-16-11-22(17(2)28(16)13-18-3-7-20(27)8-4-18)23(29)14-33-26(31)15-32-21-9-5-19-6-10-25(30)34-24(19)12-21/h3-12H,13-15H2,1-2H3. The highest BCUT2D eigenvalue weighted by molar-refractivity contribution is 5.99. The lowest BCUT2D eigenvalue weighted by molar-refractivity contribution is -0.144. The lowest BCUT2D eigenvalue weighted by atomic mass is 10.1. The molecule has 0 aliphatic heterocycles. The van der Waals surface area contributed by atoms with Crippen LogP contribution in [0.1, 0.15) is 27.3 Å². The summed E-state index contributed by atoms with van der Waals surface area (Å²) in [6, 6.07) is 15.7. The van der Waals surface area contributed by atoms with E-state index in [4.69, 9.17) is 13.9 Å². The molecular weight excluding hydrogens is 441 g/mol. The van der Waals surface area contributed by atoms with E-state index >= 15 is 0 Å². The van der Waals surface area contributed by atoms with Crippen LogP contribution in [0.3, 0.4) is 0 Å². The Balaban J connectivity index is 1.34. The summed E-state index contributed by atoms with van der Waals surface area (Å²) >= 11 is 0. The number of carbonyl (C=O) groups excluding carboxylic acids is 2. The lowest BCUT2D eigenvalue weighted by Gasteiger charge is -2.10. The van der Waals surface area contributed by atoms with Crippen molar-refractivity contribution in [2.75, 3.05) is 13.2 Å². The molecule has 34 heavy (non-hydrogen) atoms. The molecule has 0 atom stereocenters. The van der Waals surface area contributed by atoms with E-state index in [2.05, 4.69) is 0 Å². The van der Waals surface area contributed by atoms with Crippen LogP contribution in [0.25, 0.3) is 11.0 Å². The number of esters is 1. The summed E-state index contributed by atoms with van der Waals surface area (Å²) in [5.74, 6) is -1.02. The number of nitrogens with zero attached hydrogens (tertiary/aromatic N) is 1. The number of halogens is 1. The molecular formula is C26H22FNO6. The van der Waals surface area contributed by atoms with E-state index in [1.54, 1.807) is 36.4 Å². The van der Waals surface area contributed by atoms with Crippen molar-refractivity contribution in [3.05, 3.63) is 99.4 Å². The highest BCUT2D eigenvalue weighted by Crippen LogP contribution is 2.20. The summed E-state index contributed by atoms with van der Waals surface area (Å²) in [6.07, 6.45) is 0. The van der Waals surface area contributed by atoms with E-state index in [9.17, 15) is 18.8 Å². The van der Waals surface area contributed by atoms with Gasteiger partial charge in [-0.25, -0.2) is 14.0 Å². The summed E-state index contributed by atoms with van der Waals surface area (Å²) in [5, 5.41) is 0.720. The average molecular weight is 463 g/mol. The zero-order chi connectivity index (χ0) is 24.2. The smallest absolute Gasteiger partial charge is 0.344 e. The zero-order valence-electron chi connectivity index (χ0n) is 18.7. The van der Waals surface area contributed by atoms with Gasteiger partial charge in [0.25, 0.3) is 0 Å². The molecule has 0 aliphatic rings. The van der Waals surface area contributed by atoms with Gasteiger partial charge >= 0.3 is 11.6 Å². The fourth-order valence-corrected chi connectivity index (χ4v) is 3.64. The van der Waals surface area contributed by atoms with Crippen molar-refractivity contribution in [1.82, 2.24) is 4.57 Å². The minimum absolute atomic E-state index is 0.307. The molecule has 2 aromatic heterocycles. The monoisotopic (exact) mass is 463 g/mol. The van der Waals surface area contributed by atoms with Crippen molar-refractivity contribution in [2.45, 2.75) is 20.4 Å². The average Bonchev–Trinajstić information content (AvgIpc) is 3.10. The number of ether oxygens (including phenoxy) is 2. The van der Waals surface area contributed by atoms with Gasteiger partial charge in [0.15, 0.2) is 13.2 Å². The maximum atomic E-state index is 13.2. The van der Waals surface area contributed by atoms with Crippen molar-refractivity contribution in [3.63, 3.8) is 0 Å². The number of carbonyl (C=O) groups is 2. The molecule has 0 saturated carbocycles. The van der Waals surface area contributed by atoms with Crippen LogP contribution in [0.2, 0.25) is 0 Å². The first-order valence-corrected chi connectivity index (χ1v) is 10.6. The van der Waals surface area contributed by atoms with Crippen LogP contribution in [-0.4, -0.2) is 29.5 Å². The number of hydrogen-bond acceptors (Lipinski definition) is 6. The maximum Gasteiger partial charge on any atom is 0.344 e. The Morgan fingerprint density at radius 1 is 0.971 bits per heavy atom. The third-order valence-corrected chi connectivity index (χ3v) is 5.44. The number of fused-ring (bicyclic) bond motifs is 1. The van der Waals surface area contributed by atoms with Gasteiger partial charge in [0.2, 0.25) is 5.78 Å². The number of aromatic nitrogens is 1. The highest BCUT2D eigenvalue weighted by Gasteiger charge is 2.18. The van der Waals surface area contributed by atoms with Gasteiger partial charge in [-0.15, -0.1) is 0 Å². The molecule has 2 heterocycles. The fraction of sp³-hybridized carbons (Fsp3) is 0.192. The van der Waals surface area contributed by atoms with Gasteiger partial charge in [-0.3, -0.25) is 4.79 Å². The molecule has 0 saturated heterocycles. The normalized spacial score (nSPS) is 10.9. The van der Waals surface area contributed by atoms with Crippen LogP contribution in [0.4, 0.5) is 4.39 Å². The van der Waals surface area contributed by atoms with E-state index in [0.717, 1.165) is 22.3 Å². The molecule has 2 aromatic carbocycles. The van der Waals surface area contributed by atoms with Crippen LogP contribution >= 0.6 is 0 Å². The third-order valence-electron chi connectivity index (χ3n) is 5.44. The van der Waals surface area contributed by atoms with Gasteiger partial charge in [0, 0.05) is 41.0 Å². The predicted molar refractivity (Wildman–Crippen MR) is 123 cm³/mol. The zero-order valence-corrected chi connectivity index (χ0v) is 18.7. The van der Waals surface area contributed by atoms with Crippen molar-refractivity contribution >= 4 is 22.7 Å². The summed E-state index contributed by atoms with van der Waals surface area (Å²) < 4.78 is 30.7. The van der Waals surface area contributed by atoms with E-state index in [1.807, 2.05) is 18.4 Å². The van der Waals surface area contributed by atoms with Gasteiger partial charge in [0.05, 0.1) is 0 Å². The van der Waals surface area contributed by atoms with E-state index in [1.165, 1.54) is 24.3 Å². The van der Waals surface area contributed by atoms with E-state index < -0.39 is 24.8 Å². The van der Waals surface area contributed by atoms with Crippen molar-refractivity contribution < 1.29 is 27.9 Å². The second-order valence-corrected chi connectivity index (χ2v) is 7.82. The number of ketones is 1. The second-order valence-electron chi connectivity index (χ2n) is 7.82. The van der Waals surface area contributed by atoms with Gasteiger partial charge in [-0.05, 0) is 55.8 Å². The van der Waals surface area contributed by atoms with Crippen LogP contribution in [0.15, 0.2) is 69.9 Å². The molecule has 4 aromatic rings. The summed E-state index contributed by atoms with van der Waals surface area (Å²) in [6.45, 7) is 3.35. The fourth-order valence-electron chi connectivity index (χ4n) is 3.64. The molecule has 0 fully saturated rings. The first kappa shape index (κ1) is 23.0. The molecule has 0 N–H and O–H groups in total. The molecule has 0 unspecified atom stereocenters. The van der Waals surface area contributed by atoms with Gasteiger partial charge in [0.1, 0.15) is 17.1 Å². The molecule has 4 rings (SSSR count). The van der Waals surface area contributed by atoms with Crippen molar-refractivity contribution in [2.24, 2.45) is 0 Å². The maximum absolute atomic E-state index is 13.2. The minimum atomic E-state index is -0.705. The Labute approximate surface area is 194 Å². The molecule has 0 aliphatic carbocycles. The predicted octanol–water partition coefficient (Wildman–Crippen LogP) is 4.20. The number of Topliss-reactive ketones (excluding diaryl/α,β-unsaturated/α-hetero) is 1. The van der Waals surface area contributed by atoms with Crippen LogP contribution in [0.5, 0.6) is 5.75 Å². The Kier molecular flexibility index (Phi) is 6.58. The van der Waals surface area contributed by atoms with Crippen molar-refractivity contribution in [3.8, 4) is 5.75 Å². The molecule has 174 valence electrons. The van der Waals surface area contributed by atoms with Gasteiger partial charge in [-0.1, -0.05) is 12.1 Å². The van der Waals surface area contributed by atoms with Crippen LogP contribution in [-0.2, 0) is 16.1 Å². The van der Waals surface area contributed by atoms with Crippen LogP contribution < -0.4 is 10.4 Å². The number of hydrogen-bond donors (Lipinski definition) is 0. The van der Waals surface area contributed by atoms with E-state index in [-0.39, 0.29) is 11.6 Å². The largest absolute Gasteiger partial charge is 0.482 e. The molecule has 0 spiro atoms. The highest BCUT2D eigenvalue weighted by atomic mass is 19.1. The topological polar surface area (TPSA) is 87.7 Å². The Bertz CT molecular complexity index is 1420. The first-order valence-electron chi connectivity index (χ1n) is 10.6. The second kappa shape index (κ2) is 9.74. The van der Waals surface area contributed by atoms with Crippen LogP contribution in [0, 0.1) is 19.7 Å². The summed E-state index contributed by atoms with van der Waals surface area (Å²) in [5.41, 5.74) is 2.81. The molecule has 0 radical (unpaired) electrons. The minimum Gasteiger partial charge on any atom is -0.482 e. The van der Waals surface area contributed by atoms with E-state index in [0.29, 0.717) is 23.4 Å². The number of rotatable bonds is 8. The van der Waals surface area contributed by atoms with Gasteiger partial charge in [-0.2, -0.15) is 0 Å². The first-order chi connectivity index (χ1) is 16.3. The molecule has 0 amide bonds. The summed E-state index contributed by atoms with van der Waals surface area (Å²) in [7, 11) is 0. The number of aryl methyl sites for hydroxylation is 1. The third kappa shape index (κ3) is 5.23. The Hall–Kier alpha value is -4.20. The molecule has 7 nitrogen and oxygen atoms in total. The SMILES string of the molecule is Cc1cc(C(=O)COC(=O)COc2ccc3ccc(=O)oc3c2)c(C)n1Cc1ccc(F)cc1. The number of benzene rings is 2. The van der Waals surface area contributed by atoms with Crippen molar-refractivity contribution in [1.29, 1.82) is 0 Å².